The minimum Gasteiger partial charge on any atom is 0 e. The summed E-state index contributed by atoms with van der Waals surface area (Å²) in [7, 11) is 29.8. The van der Waals surface area contributed by atoms with Gasteiger partial charge in [-0.2, -0.15) is 18.2 Å². The molecule has 0 heterocycles. The number of rotatable bonds is 0. The van der Waals surface area contributed by atoms with Gasteiger partial charge in [-0.3, -0.25) is 0 Å². The SMILES string of the molecule is Cc1cc[cH-]c1.[C-]#[O+].[C-]#[O+].[Cl][Ge]([Cl])[Cl].[Cl][Ge]([Cl])[Cl].[Mn]. The van der Waals surface area contributed by atoms with Gasteiger partial charge in [0.05, 0.1) is 0 Å². The Balaban J connectivity index is -0.0000000457. The second-order valence-corrected chi connectivity index (χ2v) is 21.5. The van der Waals surface area contributed by atoms with Crippen LogP contribution in [0.1, 0.15) is 5.56 Å². The van der Waals surface area contributed by atoms with E-state index in [0.29, 0.717) is 0 Å². The van der Waals surface area contributed by atoms with E-state index < -0.39 is 23.1 Å². The second kappa shape index (κ2) is 32.2. The van der Waals surface area contributed by atoms with Crippen LogP contribution in [0.2, 0.25) is 0 Å². The zero-order valence-corrected chi connectivity index (χ0v) is 19.2. The van der Waals surface area contributed by atoms with Gasteiger partial charge < -0.3 is 0 Å². The number of hydrogen-bond donors (Lipinski definition) is 0. The average Bonchev–Trinajstić information content (AvgIpc) is 2.73. The summed E-state index contributed by atoms with van der Waals surface area (Å²) in [5.41, 5.74) is 1.34. The maximum absolute atomic E-state index is 7.50. The standard InChI is InChI=1S/C6H7.2CO.2Cl3Ge.Mn/c1-6-4-2-3-5-6;2*1-2;2*1-4(2)3;/h2-5H,1H3;;;;;/q-1;;;;;. The van der Waals surface area contributed by atoms with E-state index >= 15 is 0 Å². The molecule has 0 amide bonds. The molecule has 0 fully saturated rings. The van der Waals surface area contributed by atoms with Crippen LogP contribution in [0.4, 0.5) is 0 Å². The van der Waals surface area contributed by atoms with Crippen molar-refractivity contribution in [1.29, 1.82) is 0 Å². The fraction of sp³-hybridized carbons (Fsp3) is 0.125. The molecule has 19 heavy (non-hydrogen) atoms. The largest absolute Gasteiger partial charge is 0 e. The Hall–Kier alpha value is 2.18. The maximum atomic E-state index is 7.50. The maximum Gasteiger partial charge on any atom is 0 e. The van der Waals surface area contributed by atoms with Gasteiger partial charge in [-0.05, 0) is 0 Å². The molecule has 1 rings (SSSR count). The van der Waals surface area contributed by atoms with Crippen LogP contribution >= 0.6 is 60.1 Å². The van der Waals surface area contributed by atoms with Gasteiger partial charge in [0.15, 0.2) is 0 Å². The van der Waals surface area contributed by atoms with Crippen molar-refractivity contribution in [3.05, 3.63) is 43.1 Å². The van der Waals surface area contributed by atoms with Gasteiger partial charge in [-0.25, -0.2) is 11.6 Å². The van der Waals surface area contributed by atoms with E-state index in [1.54, 1.807) is 0 Å². The summed E-state index contributed by atoms with van der Waals surface area (Å²) in [6.07, 6.45) is 0. The van der Waals surface area contributed by atoms with Crippen LogP contribution in [-0.2, 0) is 26.4 Å². The Morgan fingerprint density at radius 2 is 1.21 bits per heavy atom. The summed E-state index contributed by atoms with van der Waals surface area (Å²) in [5, 5.41) is 0. The minimum absolute atomic E-state index is 0. The summed E-state index contributed by atoms with van der Waals surface area (Å²) < 4.78 is 15.0. The molecule has 109 valence electrons. The van der Waals surface area contributed by atoms with Gasteiger partial charge in [-0.1, -0.05) is 6.92 Å². The number of aryl methyl sites for hydroxylation is 1. The van der Waals surface area contributed by atoms with Crippen molar-refractivity contribution < 1.29 is 26.4 Å². The summed E-state index contributed by atoms with van der Waals surface area (Å²) in [4.78, 5) is 0. The first-order chi connectivity index (χ1) is 8.36. The molecule has 0 unspecified atom stereocenters. The van der Waals surface area contributed by atoms with Gasteiger partial charge in [0.2, 0.25) is 0 Å². The normalized spacial score (nSPS) is 6.79. The fourth-order valence-corrected chi connectivity index (χ4v) is 0.470. The van der Waals surface area contributed by atoms with Crippen molar-refractivity contribution in [2.45, 2.75) is 6.92 Å². The Bertz CT molecular complexity index is 251. The predicted molar refractivity (Wildman–Crippen MR) is 81.3 cm³/mol. The number of hydrogen-bond acceptors (Lipinski definition) is 0. The summed E-state index contributed by atoms with van der Waals surface area (Å²) in [6, 6.07) is 8.24. The van der Waals surface area contributed by atoms with Crippen molar-refractivity contribution in [2.24, 2.45) is 0 Å². The molecule has 0 saturated heterocycles. The topological polar surface area (TPSA) is 39.8 Å². The van der Waals surface area contributed by atoms with Crippen LogP contribution in [0.15, 0.2) is 24.3 Å². The van der Waals surface area contributed by atoms with E-state index in [4.69, 9.17) is 69.4 Å². The van der Waals surface area contributed by atoms with Crippen molar-refractivity contribution in [3.63, 3.8) is 0 Å². The van der Waals surface area contributed by atoms with Crippen molar-refractivity contribution in [2.75, 3.05) is 0 Å². The van der Waals surface area contributed by atoms with E-state index in [-0.39, 0.29) is 17.1 Å². The average molecular weight is 548 g/mol. The quantitative estimate of drug-likeness (QED) is 0.249. The third-order valence-corrected chi connectivity index (χ3v) is 0.829. The smallest absolute Gasteiger partial charge is 0 e. The first-order valence-corrected chi connectivity index (χ1v) is 20.2. The van der Waals surface area contributed by atoms with E-state index in [9.17, 15) is 0 Å². The van der Waals surface area contributed by atoms with Crippen LogP contribution in [-0.4, -0.2) is 23.1 Å². The molecule has 2 nitrogen and oxygen atoms in total. The van der Waals surface area contributed by atoms with Gasteiger partial charge in [-0.15, -0.1) is 0 Å². The summed E-state index contributed by atoms with van der Waals surface area (Å²) >= 11 is -3.83. The van der Waals surface area contributed by atoms with E-state index in [1.165, 1.54) is 5.56 Å². The molecule has 0 saturated carbocycles. The van der Waals surface area contributed by atoms with Crippen molar-refractivity contribution in [1.82, 2.24) is 0 Å². The van der Waals surface area contributed by atoms with E-state index in [1.807, 2.05) is 12.1 Å². The molecule has 0 bridgehead atoms. The van der Waals surface area contributed by atoms with Crippen LogP contribution in [0, 0.1) is 20.2 Å². The summed E-state index contributed by atoms with van der Waals surface area (Å²) in [5.74, 6) is 0. The Labute approximate surface area is 158 Å². The van der Waals surface area contributed by atoms with Crippen LogP contribution in [0.25, 0.3) is 0 Å². The van der Waals surface area contributed by atoms with Gasteiger partial charge in [0.25, 0.3) is 0 Å². The van der Waals surface area contributed by atoms with Crippen LogP contribution in [0.5, 0.6) is 0 Å². The third-order valence-electron chi connectivity index (χ3n) is 0.829. The molecule has 0 aliphatic carbocycles. The molecular formula is C8H7Cl6Ge2MnO2-. The minimum atomic E-state index is -1.92. The van der Waals surface area contributed by atoms with Crippen molar-refractivity contribution >= 4 is 83.2 Å². The Morgan fingerprint density at radius 3 is 1.26 bits per heavy atom. The first kappa shape index (κ1) is 32.9. The zero-order valence-electron chi connectivity index (χ0n) is 9.27. The monoisotopic (exact) mass is 548 g/mol. The molecule has 0 aliphatic rings. The van der Waals surface area contributed by atoms with Gasteiger partial charge >= 0.3 is 106 Å². The molecule has 1 aromatic rings. The van der Waals surface area contributed by atoms with Crippen LogP contribution < -0.4 is 0 Å². The molecule has 1 aromatic carbocycles. The number of halogens is 6. The second-order valence-electron chi connectivity index (χ2n) is 1.89. The molecular weight excluding hydrogens is 541 g/mol. The molecule has 0 N–H and O–H groups in total. The van der Waals surface area contributed by atoms with Gasteiger partial charge in [0, 0.05) is 17.1 Å². The molecule has 11 heteroatoms. The fourth-order valence-electron chi connectivity index (χ4n) is 0.470. The van der Waals surface area contributed by atoms with Gasteiger partial charge in [0.1, 0.15) is 0 Å². The zero-order chi connectivity index (χ0) is 15.6. The van der Waals surface area contributed by atoms with Crippen molar-refractivity contribution in [3.8, 4) is 0 Å². The van der Waals surface area contributed by atoms with E-state index in [2.05, 4.69) is 32.4 Å². The first-order valence-electron chi connectivity index (χ1n) is 3.62. The molecule has 3 radical (unpaired) electrons. The Kier molecular flexibility index (Phi) is 55.9. The van der Waals surface area contributed by atoms with Crippen LogP contribution in [0.3, 0.4) is 0 Å². The third kappa shape index (κ3) is 79.2. The Morgan fingerprint density at radius 1 is 0.947 bits per heavy atom. The molecule has 0 aliphatic heterocycles. The molecule has 0 spiro atoms. The predicted octanol–water partition coefficient (Wildman–Crippen LogP) is 5.01. The molecule has 0 atom stereocenters. The molecule has 0 aromatic heterocycles. The van der Waals surface area contributed by atoms with E-state index in [0.717, 1.165) is 0 Å². The summed E-state index contributed by atoms with van der Waals surface area (Å²) in [6.45, 7) is 11.1.